The van der Waals surface area contributed by atoms with Crippen LogP contribution in [0.15, 0.2) is 18.2 Å². The van der Waals surface area contributed by atoms with Gasteiger partial charge in [0.2, 0.25) is 0 Å². The van der Waals surface area contributed by atoms with Crippen molar-refractivity contribution < 1.29 is 9.53 Å². The van der Waals surface area contributed by atoms with Crippen LogP contribution in [0.4, 0.5) is 0 Å². The summed E-state index contributed by atoms with van der Waals surface area (Å²) < 4.78 is 5.09. The van der Waals surface area contributed by atoms with E-state index in [4.69, 9.17) is 4.74 Å². The van der Waals surface area contributed by atoms with Crippen molar-refractivity contribution in [1.82, 2.24) is 4.90 Å². The van der Waals surface area contributed by atoms with E-state index < -0.39 is 0 Å². The molecule has 0 atom stereocenters. The number of hydrogen-bond donors (Lipinski definition) is 0. The Labute approximate surface area is 120 Å². The molecule has 3 nitrogen and oxygen atoms in total. The number of esters is 1. The summed E-state index contributed by atoms with van der Waals surface area (Å²) >= 11 is 0. The number of carbonyl (C=O) groups excluding carboxylic acids is 1. The summed E-state index contributed by atoms with van der Waals surface area (Å²) in [6.45, 7) is 4.57. The van der Waals surface area contributed by atoms with Crippen LogP contribution in [0.5, 0.6) is 0 Å². The smallest absolute Gasteiger partial charge is 0.338 e. The number of rotatable bonds is 3. The van der Waals surface area contributed by atoms with Gasteiger partial charge in [0.15, 0.2) is 0 Å². The minimum Gasteiger partial charge on any atom is -0.462 e. The van der Waals surface area contributed by atoms with Crippen LogP contribution in [0, 0.1) is 0 Å². The minimum absolute atomic E-state index is 0.199. The number of ether oxygens (including phenoxy) is 1. The first-order chi connectivity index (χ1) is 9.78. The molecular formula is C17H23NO2. The first-order valence-electron chi connectivity index (χ1n) is 7.81. The predicted molar refractivity (Wildman–Crippen MR) is 79.0 cm³/mol. The maximum Gasteiger partial charge on any atom is 0.338 e. The molecule has 1 saturated carbocycles. The van der Waals surface area contributed by atoms with Gasteiger partial charge in [0.25, 0.3) is 0 Å². The van der Waals surface area contributed by atoms with Crippen LogP contribution in [0.1, 0.15) is 47.7 Å². The molecule has 0 N–H and O–H groups in total. The van der Waals surface area contributed by atoms with Crippen LogP contribution in [-0.2, 0) is 17.6 Å². The summed E-state index contributed by atoms with van der Waals surface area (Å²) in [5.74, 6) is -0.199. The van der Waals surface area contributed by atoms with E-state index in [2.05, 4.69) is 11.0 Å². The van der Waals surface area contributed by atoms with Gasteiger partial charge in [0.1, 0.15) is 0 Å². The summed E-state index contributed by atoms with van der Waals surface area (Å²) in [7, 11) is 0. The van der Waals surface area contributed by atoms with Gasteiger partial charge in [-0.15, -0.1) is 0 Å². The van der Waals surface area contributed by atoms with Crippen LogP contribution in [-0.4, -0.2) is 36.6 Å². The molecule has 1 aromatic rings. The van der Waals surface area contributed by atoms with Crippen molar-refractivity contribution in [2.24, 2.45) is 0 Å². The van der Waals surface area contributed by atoms with Crippen molar-refractivity contribution >= 4 is 5.97 Å². The van der Waals surface area contributed by atoms with E-state index in [9.17, 15) is 4.79 Å². The molecule has 0 unspecified atom stereocenters. The fraction of sp³-hybridized carbons (Fsp3) is 0.588. The van der Waals surface area contributed by atoms with Gasteiger partial charge in [0, 0.05) is 19.1 Å². The van der Waals surface area contributed by atoms with Crippen molar-refractivity contribution in [1.29, 1.82) is 0 Å². The SMILES string of the molecule is CCOC(=O)c1ccc2c(c1)CCN(C1CCC1)CC2. The Kier molecular flexibility index (Phi) is 4.06. The van der Waals surface area contributed by atoms with Crippen LogP contribution < -0.4 is 0 Å². The third-order valence-electron chi connectivity index (χ3n) is 4.65. The fourth-order valence-electron chi connectivity index (χ4n) is 3.20. The lowest BCUT2D eigenvalue weighted by Crippen LogP contribution is -2.41. The van der Waals surface area contributed by atoms with Gasteiger partial charge in [-0.2, -0.15) is 0 Å². The molecule has 0 radical (unpaired) electrons. The average Bonchev–Trinajstić information content (AvgIpc) is 2.60. The second-order valence-corrected chi connectivity index (χ2v) is 5.82. The third kappa shape index (κ3) is 2.73. The molecule has 3 heteroatoms. The molecule has 3 rings (SSSR count). The van der Waals surface area contributed by atoms with Gasteiger partial charge < -0.3 is 4.74 Å². The molecule has 1 aliphatic carbocycles. The lowest BCUT2D eigenvalue weighted by molar-refractivity contribution is 0.0526. The van der Waals surface area contributed by atoms with Crippen molar-refractivity contribution in [3.05, 3.63) is 34.9 Å². The molecule has 108 valence electrons. The summed E-state index contributed by atoms with van der Waals surface area (Å²) in [5.41, 5.74) is 3.43. The van der Waals surface area contributed by atoms with E-state index >= 15 is 0 Å². The normalized spacial score (nSPS) is 19.9. The maximum atomic E-state index is 11.8. The van der Waals surface area contributed by atoms with Crippen LogP contribution >= 0.6 is 0 Å². The van der Waals surface area contributed by atoms with Crippen LogP contribution in [0.3, 0.4) is 0 Å². The predicted octanol–water partition coefficient (Wildman–Crippen LogP) is 2.82. The lowest BCUT2D eigenvalue weighted by Gasteiger charge is -2.36. The van der Waals surface area contributed by atoms with Crippen LogP contribution in [0.25, 0.3) is 0 Å². The molecule has 0 bridgehead atoms. The second kappa shape index (κ2) is 5.96. The standard InChI is InChI=1S/C17H23NO2/c1-2-20-17(19)15-7-6-13-8-10-18(16-4-3-5-16)11-9-14(13)12-15/h6-7,12,16H,2-5,8-11H2,1H3. The Morgan fingerprint density at radius 3 is 2.65 bits per heavy atom. The topological polar surface area (TPSA) is 29.5 Å². The summed E-state index contributed by atoms with van der Waals surface area (Å²) in [6.07, 6.45) is 6.28. The monoisotopic (exact) mass is 273 g/mol. The first kappa shape index (κ1) is 13.6. The molecule has 2 aliphatic rings. The molecular weight excluding hydrogens is 250 g/mol. The van der Waals surface area contributed by atoms with Gasteiger partial charge in [-0.05, 0) is 55.9 Å². The zero-order valence-electron chi connectivity index (χ0n) is 12.2. The van der Waals surface area contributed by atoms with Gasteiger partial charge in [-0.1, -0.05) is 12.5 Å². The van der Waals surface area contributed by atoms with Crippen molar-refractivity contribution in [3.8, 4) is 0 Å². The molecule has 1 heterocycles. The van der Waals surface area contributed by atoms with E-state index in [0.717, 1.165) is 32.0 Å². The van der Waals surface area contributed by atoms with Gasteiger partial charge in [-0.25, -0.2) is 4.79 Å². The highest BCUT2D eigenvalue weighted by molar-refractivity contribution is 5.89. The van der Waals surface area contributed by atoms with E-state index in [1.165, 1.54) is 30.4 Å². The summed E-state index contributed by atoms with van der Waals surface area (Å²) in [5, 5.41) is 0. The van der Waals surface area contributed by atoms with Crippen molar-refractivity contribution in [2.75, 3.05) is 19.7 Å². The van der Waals surface area contributed by atoms with Crippen LogP contribution in [0.2, 0.25) is 0 Å². The number of fused-ring (bicyclic) bond motifs is 1. The zero-order valence-corrected chi connectivity index (χ0v) is 12.2. The Bertz CT molecular complexity index is 494. The van der Waals surface area contributed by atoms with Gasteiger partial charge in [-0.3, -0.25) is 4.90 Å². The Hall–Kier alpha value is -1.35. The molecule has 0 saturated heterocycles. The minimum atomic E-state index is -0.199. The first-order valence-corrected chi connectivity index (χ1v) is 7.81. The molecule has 0 spiro atoms. The number of benzene rings is 1. The fourth-order valence-corrected chi connectivity index (χ4v) is 3.20. The Morgan fingerprint density at radius 1 is 1.25 bits per heavy atom. The molecule has 1 aliphatic heterocycles. The average molecular weight is 273 g/mol. The zero-order chi connectivity index (χ0) is 13.9. The third-order valence-corrected chi connectivity index (χ3v) is 4.65. The van der Waals surface area contributed by atoms with Crippen molar-refractivity contribution in [3.63, 3.8) is 0 Å². The maximum absolute atomic E-state index is 11.8. The van der Waals surface area contributed by atoms with Crippen molar-refractivity contribution in [2.45, 2.75) is 45.1 Å². The van der Waals surface area contributed by atoms with E-state index in [1.54, 1.807) is 0 Å². The van der Waals surface area contributed by atoms with E-state index in [0.29, 0.717) is 12.2 Å². The second-order valence-electron chi connectivity index (χ2n) is 5.82. The quantitative estimate of drug-likeness (QED) is 0.793. The summed E-state index contributed by atoms with van der Waals surface area (Å²) in [4.78, 5) is 14.4. The Balaban J connectivity index is 1.73. The lowest BCUT2D eigenvalue weighted by atomic mass is 9.91. The van der Waals surface area contributed by atoms with Gasteiger partial charge >= 0.3 is 5.97 Å². The highest BCUT2D eigenvalue weighted by Crippen LogP contribution is 2.27. The molecule has 0 amide bonds. The largest absolute Gasteiger partial charge is 0.462 e. The van der Waals surface area contributed by atoms with E-state index in [-0.39, 0.29) is 5.97 Å². The number of hydrogen-bond acceptors (Lipinski definition) is 3. The summed E-state index contributed by atoms with van der Waals surface area (Å²) in [6, 6.07) is 6.88. The molecule has 1 aromatic carbocycles. The highest BCUT2D eigenvalue weighted by atomic mass is 16.5. The molecule has 1 fully saturated rings. The highest BCUT2D eigenvalue weighted by Gasteiger charge is 2.26. The number of nitrogens with zero attached hydrogens (tertiary/aromatic N) is 1. The molecule has 0 aromatic heterocycles. The Morgan fingerprint density at radius 2 is 2.00 bits per heavy atom. The van der Waals surface area contributed by atoms with Gasteiger partial charge in [0.05, 0.1) is 12.2 Å². The van der Waals surface area contributed by atoms with E-state index in [1.807, 2.05) is 19.1 Å². The number of carbonyl (C=O) groups is 1. The molecule has 20 heavy (non-hydrogen) atoms.